The second kappa shape index (κ2) is 11.8. The van der Waals surface area contributed by atoms with Gasteiger partial charge in [-0.1, -0.05) is 52.4 Å². The van der Waals surface area contributed by atoms with Crippen LogP contribution < -0.4 is 5.32 Å². The molecule has 0 radical (unpaired) electrons. The summed E-state index contributed by atoms with van der Waals surface area (Å²) in [5.41, 5.74) is 3.35. The van der Waals surface area contributed by atoms with Crippen LogP contribution in [-0.4, -0.2) is 35.9 Å². The van der Waals surface area contributed by atoms with Crippen LogP contribution in [-0.2, 0) is 11.2 Å². The molecule has 0 aliphatic heterocycles. The van der Waals surface area contributed by atoms with E-state index in [4.69, 9.17) is 0 Å². The maximum atomic E-state index is 12.2. The van der Waals surface area contributed by atoms with Gasteiger partial charge in [-0.05, 0) is 50.2 Å². The molecule has 4 heteroatoms. The molecule has 0 aliphatic rings. The van der Waals surface area contributed by atoms with Crippen molar-refractivity contribution in [3.05, 3.63) is 30.0 Å². The number of benzene rings is 1. The molecule has 27 heavy (non-hydrogen) atoms. The third-order valence-electron chi connectivity index (χ3n) is 5.36. The zero-order valence-electron chi connectivity index (χ0n) is 17.4. The number of unbranched alkanes of at least 4 members (excludes halogenated alkanes) is 6. The highest BCUT2D eigenvalue weighted by molar-refractivity contribution is 5.94. The Bertz CT molecular complexity index is 692. The molecule has 0 unspecified atom stereocenters. The van der Waals surface area contributed by atoms with Gasteiger partial charge in [0.2, 0.25) is 5.91 Å². The largest absolute Gasteiger partial charge is 0.361 e. The summed E-state index contributed by atoms with van der Waals surface area (Å²) < 4.78 is 0. The molecule has 1 aromatic carbocycles. The van der Waals surface area contributed by atoms with E-state index in [1.165, 1.54) is 43.1 Å². The molecule has 1 amide bonds. The number of H-pyrrole nitrogens is 1. The van der Waals surface area contributed by atoms with Gasteiger partial charge in [0.1, 0.15) is 0 Å². The van der Waals surface area contributed by atoms with Crippen molar-refractivity contribution in [2.75, 3.05) is 25.5 Å². The van der Waals surface area contributed by atoms with E-state index in [2.05, 4.69) is 54.4 Å². The first-order chi connectivity index (χ1) is 13.1. The summed E-state index contributed by atoms with van der Waals surface area (Å²) in [5, 5.41) is 4.29. The van der Waals surface area contributed by atoms with Gasteiger partial charge < -0.3 is 15.2 Å². The summed E-state index contributed by atoms with van der Waals surface area (Å²) in [6, 6.07) is 6.16. The van der Waals surface area contributed by atoms with Gasteiger partial charge in [0.05, 0.1) is 0 Å². The molecule has 150 valence electrons. The fourth-order valence-corrected chi connectivity index (χ4v) is 3.40. The zero-order valence-corrected chi connectivity index (χ0v) is 17.4. The molecule has 0 spiro atoms. The first kappa shape index (κ1) is 21.5. The SMILES string of the molecule is CCCCCCCCCC(=O)Nc1ccc2[nH]cc(CCN(C)CC)c2c1. The van der Waals surface area contributed by atoms with Crippen molar-refractivity contribution in [2.24, 2.45) is 0 Å². The van der Waals surface area contributed by atoms with Crippen molar-refractivity contribution in [1.82, 2.24) is 9.88 Å². The van der Waals surface area contributed by atoms with E-state index in [0.717, 1.165) is 43.6 Å². The van der Waals surface area contributed by atoms with Crippen molar-refractivity contribution in [3.63, 3.8) is 0 Å². The number of carbonyl (C=O) groups is 1. The number of hydrogen-bond acceptors (Lipinski definition) is 2. The number of nitrogens with zero attached hydrogens (tertiary/aromatic N) is 1. The lowest BCUT2D eigenvalue weighted by Gasteiger charge is -2.13. The Morgan fingerprint density at radius 1 is 1.07 bits per heavy atom. The minimum absolute atomic E-state index is 0.130. The molecular weight excluding hydrogens is 334 g/mol. The Labute approximate surface area is 164 Å². The number of amides is 1. The average Bonchev–Trinajstić information content (AvgIpc) is 3.07. The fourth-order valence-electron chi connectivity index (χ4n) is 3.40. The van der Waals surface area contributed by atoms with Crippen molar-refractivity contribution in [3.8, 4) is 0 Å². The van der Waals surface area contributed by atoms with Crippen LogP contribution in [0.4, 0.5) is 5.69 Å². The van der Waals surface area contributed by atoms with Gasteiger partial charge >= 0.3 is 0 Å². The van der Waals surface area contributed by atoms with Gasteiger partial charge in [-0.25, -0.2) is 0 Å². The molecule has 0 aliphatic carbocycles. The van der Waals surface area contributed by atoms with E-state index in [-0.39, 0.29) is 5.91 Å². The smallest absolute Gasteiger partial charge is 0.224 e. The number of hydrogen-bond donors (Lipinski definition) is 2. The number of fused-ring (bicyclic) bond motifs is 1. The normalized spacial score (nSPS) is 11.4. The molecule has 0 saturated carbocycles. The summed E-state index contributed by atoms with van der Waals surface area (Å²) in [4.78, 5) is 17.9. The number of aromatic nitrogens is 1. The highest BCUT2D eigenvalue weighted by Crippen LogP contribution is 2.23. The zero-order chi connectivity index (χ0) is 19.5. The number of carbonyl (C=O) groups excluding carboxylic acids is 1. The first-order valence-corrected chi connectivity index (χ1v) is 10.7. The van der Waals surface area contributed by atoms with Crippen LogP contribution in [0.1, 0.15) is 70.8 Å². The standard InChI is InChI=1S/C23H37N3O/c1-4-6-7-8-9-10-11-12-23(27)25-20-13-14-22-21(17-20)19(18-24-22)15-16-26(3)5-2/h13-14,17-18,24H,4-12,15-16H2,1-3H3,(H,25,27). The molecule has 2 rings (SSSR count). The van der Waals surface area contributed by atoms with Crippen LogP contribution in [0.3, 0.4) is 0 Å². The molecular formula is C23H37N3O. The van der Waals surface area contributed by atoms with Gasteiger partial charge in [-0.2, -0.15) is 0 Å². The Morgan fingerprint density at radius 2 is 1.81 bits per heavy atom. The van der Waals surface area contributed by atoms with E-state index in [1.54, 1.807) is 0 Å². The van der Waals surface area contributed by atoms with Crippen LogP contribution >= 0.6 is 0 Å². The maximum Gasteiger partial charge on any atom is 0.224 e. The van der Waals surface area contributed by atoms with E-state index in [0.29, 0.717) is 6.42 Å². The monoisotopic (exact) mass is 371 g/mol. The highest BCUT2D eigenvalue weighted by atomic mass is 16.1. The summed E-state index contributed by atoms with van der Waals surface area (Å²) >= 11 is 0. The number of aromatic amines is 1. The molecule has 4 nitrogen and oxygen atoms in total. The Morgan fingerprint density at radius 3 is 2.56 bits per heavy atom. The van der Waals surface area contributed by atoms with Crippen LogP contribution in [0.25, 0.3) is 10.9 Å². The molecule has 0 atom stereocenters. The van der Waals surface area contributed by atoms with E-state index < -0.39 is 0 Å². The number of likely N-dealkylation sites (N-methyl/N-ethyl adjacent to an activating group) is 1. The Kier molecular flexibility index (Phi) is 9.40. The molecule has 0 bridgehead atoms. The maximum absolute atomic E-state index is 12.2. The third kappa shape index (κ3) is 7.37. The Hall–Kier alpha value is -1.81. The van der Waals surface area contributed by atoms with Gasteiger partial charge in [-0.3, -0.25) is 4.79 Å². The van der Waals surface area contributed by atoms with Gasteiger partial charge in [0.15, 0.2) is 0 Å². The molecule has 1 aromatic heterocycles. The summed E-state index contributed by atoms with van der Waals surface area (Å²) in [5.74, 6) is 0.130. The minimum atomic E-state index is 0.130. The number of anilines is 1. The minimum Gasteiger partial charge on any atom is -0.361 e. The molecule has 2 N–H and O–H groups in total. The highest BCUT2D eigenvalue weighted by Gasteiger charge is 2.08. The van der Waals surface area contributed by atoms with Gasteiger partial charge in [-0.15, -0.1) is 0 Å². The average molecular weight is 372 g/mol. The van der Waals surface area contributed by atoms with Crippen molar-refractivity contribution >= 4 is 22.5 Å². The van der Waals surface area contributed by atoms with E-state index in [1.807, 2.05) is 6.07 Å². The first-order valence-electron chi connectivity index (χ1n) is 10.7. The van der Waals surface area contributed by atoms with Crippen LogP contribution in [0, 0.1) is 0 Å². The lowest BCUT2D eigenvalue weighted by Crippen LogP contribution is -2.20. The van der Waals surface area contributed by atoms with E-state index in [9.17, 15) is 4.79 Å². The third-order valence-corrected chi connectivity index (χ3v) is 5.36. The van der Waals surface area contributed by atoms with Crippen molar-refractivity contribution in [2.45, 2.75) is 71.6 Å². The topological polar surface area (TPSA) is 48.1 Å². The summed E-state index contributed by atoms with van der Waals surface area (Å²) in [6.07, 6.45) is 12.4. The molecule has 0 fully saturated rings. The van der Waals surface area contributed by atoms with Crippen LogP contribution in [0.2, 0.25) is 0 Å². The second-order valence-corrected chi connectivity index (χ2v) is 7.64. The summed E-state index contributed by atoms with van der Waals surface area (Å²) in [6.45, 7) is 6.51. The Balaban J connectivity index is 1.81. The van der Waals surface area contributed by atoms with E-state index >= 15 is 0 Å². The van der Waals surface area contributed by atoms with Crippen LogP contribution in [0.5, 0.6) is 0 Å². The van der Waals surface area contributed by atoms with Gasteiger partial charge in [0, 0.05) is 35.8 Å². The molecule has 0 saturated heterocycles. The lowest BCUT2D eigenvalue weighted by molar-refractivity contribution is -0.116. The number of rotatable bonds is 13. The quantitative estimate of drug-likeness (QED) is 0.441. The van der Waals surface area contributed by atoms with Crippen molar-refractivity contribution in [1.29, 1.82) is 0 Å². The molecule has 1 heterocycles. The predicted octanol–water partition coefficient (Wildman–Crippen LogP) is 5.74. The van der Waals surface area contributed by atoms with Crippen molar-refractivity contribution < 1.29 is 4.79 Å². The predicted molar refractivity (Wildman–Crippen MR) is 116 cm³/mol. The van der Waals surface area contributed by atoms with Gasteiger partial charge in [0.25, 0.3) is 0 Å². The fraction of sp³-hybridized carbons (Fsp3) is 0.609. The summed E-state index contributed by atoms with van der Waals surface area (Å²) in [7, 11) is 2.14. The van der Waals surface area contributed by atoms with Crippen LogP contribution in [0.15, 0.2) is 24.4 Å². The lowest BCUT2D eigenvalue weighted by atomic mass is 10.1. The second-order valence-electron chi connectivity index (χ2n) is 7.64. The number of nitrogens with one attached hydrogen (secondary N) is 2. The molecule has 2 aromatic rings.